The molecule has 0 aromatic heterocycles. The Kier molecular flexibility index (Phi) is 1.95. The molecule has 0 amide bonds. The number of benzene rings is 1. The van der Waals surface area contributed by atoms with Crippen molar-refractivity contribution in [3.63, 3.8) is 0 Å². The average molecular weight is 147 g/mol. The van der Waals surface area contributed by atoms with Crippen LogP contribution in [0, 0.1) is 12.3 Å². The van der Waals surface area contributed by atoms with Gasteiger partial charge in [-0.3, -0.25) is 5.73 Å². The summed E-state index contributed by atoms with van der Waals surface area (Å²) in [5.74, 6) is 2.09. The number of aliphatic hydroxyl groups is 1. The molecule has 1 aromatic rings. The Morgan fingerprint density at radius 3 is 2.36 bits per heavy atom. The molecule has 11 heavy (non-hydrogen) atoms. The highest BCUT2D eigenvalue weighted by atomic mass is 16.3. The molecular weight excluding hydrogens is 138 g/mol. The van der Waals surface area contributed by atoms with Crippen molar-refractivity contribution in [2.24, 2.45) is 5.73 Å². The highest BCUT2D eigenvalue weighted by molar-refractivity contribution is 5.28. The van der Waals surface area contributed by atoms with Crippen LogP contribution < -0.4 is 5.73 Å². The lowest BCUT2D eigenvalue weighted by Gasteiger charge is -2.15. The van der Waals surface area contributed by atoms with Crippen LogP contribution in [0.2, 0.25) is 0 Å². The summed E-state index contributed by atoms with van der Waals surface area (Å²) < 4.78 is 0. The van der Waals surface area contributed by atoms with Crippen molar-refractivity contribution in [3.8, 4) is 12.3 Å². The monoisotopic (exact) mass is 147 g/mol. The fourth-order valence-electron chi connectivity index (χ4n) is 0.776. The van der Waals surface area contributed by atoms with Gasteiger partial charge in [-0.15, -0.1) is 6.42 Å². The number of hydrogen-bond acceptors (Lipinski definition) is 2. The van der Waals surface area contributed by atoms with E-state index < -0.39 is 5.72 Å². The van der Waals surface area contributed by atoms with Gasteiger partial charge >= 0.3 is 0 Å². The summed E-state index contributed by atoms with van der Waals surface area (Å²) in [6.07, 6.45) is 5.01. The lowest BCUT2D eigenvalue weighted by molar-refractivity contribution is 0.108. The molecule has 0 aliphatic rings. The van der Waals surface area contributed by atoms with E-state index in [1.807, 2.05) is 6.07 Å². The summed E-state index contributed by atoms with van der Waals surface area (Å²) in [6, 6.07) is 8.73. The van der Waals surface area contributed by atoms with Gasteiger partial charge in [-0.25, -0.2) is 0 Å². The van der Waals surface area contributed by atoms with Gasteiger partial charge in [0, 0.05) is 5.56 Å². The van der Waals surface area contributed by atoms with Crippen molar-refractivity contribution in [1.82, 2.24) is 0 Å². The lowest BCUT2D eigenvalue weighted by Crippen LogP contribution is -2.34. The van der Waals surface area contributed by atoms with Crippen molar-refractivity contribution < 1.29 is 5.11 Å². The molecule has 0 spiro atoms. The van der Waals surface area contributed by atoms with E-state index in [-0.39, 0.29) is 0 Å². The Morgan fingerprint density at radius 2 is 1.91 bits per heavy atom. The number of terminal acetylenes is 1. The first-order valence-electron chi connectivity index (χ1n) is 3.21. The number of nitrogens with two attached hydrogens (primary N) is 1. The smallest absolute Gasteiger partial charge is 0.203 e. The zero-order valence-corrected chi connectivity index (χ0v) is 5.99. The van der Waals surface area contributed by atoms with Gasteiger partial charge in [-0.2, -0.15) is 0 Å². The zero-order chi connectivity index (χ0) is 8.32. The van der Waals surface area contributed by atoms with E-state index in [9.17, 15) is 5.11 Å². The zero-order valence-electron chi connectivity index (χ0n) is 5.99. The SMILES string of the molecule is C#CC(N)(O)c1ccccc1. The molecule has 1 aromatic carbocycles. The second-order valence-corrected chi connectivity index (χ2v) is 2.28. The molecule has 1 unspecified atom stereocenters. The van der Waals surface area contributed by atoms with Crippen molar-refractivity contribution in [2.75, 3.05) is 0 Å². The summed E-state index contributed by atoms with van der Waals surface area (Å²) in [7, 11) is 0. The highest BCUT2D eigenvalue weighted by Crippen LogP contribution is 2.12. The van der Waals surface area contributed by atoms with Crippen LogP contribution in [0.25, 0.3) is 0 Å². The molecule has 1 rings (SSSR count). The predicted molar refractivity (Wildman–Crippen MR) is 43.4 cm³/mol. The molecule has 0 heterocycles. The van der Waals surface area contributed by atoms with Crippen LogP contribution in [-0.4, -0.2) is 5.11 Å². The molecule has 0 bridgehead atoms. The van der Waals surface area contributed by atoms with E-state index in [0.29, 0.717) is 5.56 Å². The Morgan fingerprint density at radius 1 is 1.36 bits per heavy atom. The summed E-state index contributed by atoms with van der Waals surface area (Å²) in [5, 5.41) is 9.34. The van der Waals surface area contributed by atoms with Gasteiger partial charge in [0.15, 0.2) is 0 Å². The third-order valence-corrected chi connectivity index (χ3v) is 1.43. The van der Waals surface area contributed by atoms with Crippen LogP contribution in [0.3, 0.4) is 0 Å². The molecule has 56 valence electrons. The molecule has 3 N–H and O–H groups in total. The van der Waals surface area contributed by atoms with E-state index in [0.717, 1.165) is 0 Å². The summed E-state index contributed by atoms with van der Waals surface area (Å²) >= 11 is 0. The molecule has 0 saturated heterocycles. The largest absolute Gasteiger partial charge is 0.362 e. The first-order chi connectivity index (χ1) is 5.17. The third kappa shape index (κ3) is 1.58. The van der Waals surface area contributed by atoms with E-state index >= 15 is 0 Å². The van der Waals surface area contributed by atoms with Gasteiger partial charge < -0.3 is 5.11 Å². The summed E-state index contributed by atoms with van der Waals surface area (Å²) in [4.78, 5) is 0. The van der Waals surface area contributed by atoms with Gasteiger partial charge in [0.25, 0.3) is 0 Å². The van der Waals surface area contributed by atoms with E-state index in [4.69, 9.17) is 12.2 Å². The highest BCUT2D eigenvalue weighted by Gasteiger charge is 2.18. The normalized spacial score (nSPS) is 15.0. The van der Waals surface area contributed by atoms with Gasteiger partial charge in [-0.05, 0) is 0 Å². The van der Waals surface area contributed by atoms with E-state index in [1.165, 1.54) is 0 Å². The maximum absolute atomic E-state index is 9.34. The molecule has 2 heteroatoms. The molecule has 0 radical (unpaired) electrons. The average Bonchev–Trinajstić information content (AvgIpc) is 2.06. The minimum Gasteiger partial charge on any atom is -0.362 e. The van der Waals surface area contributed by atoms with Crippen molar-refractivity contribution in [2.45, 2.75) is 5.72 Å². The molecule has 0 saturated carbocycles. The minimum atomic E-state index is -1.64. The van der Waals surface area contributed by atoms with Crippen LogP contribution in [0.4, 0.5) is 0 Å². The Bertz CT molecular complexity index is 271. The first kappa shape index (κ1) is 7.80. The Balaban J connectivity index is 3.05. The van der Waals surface area contributed by atoms with Crippen molar-refractivity contribution >= 4 is 0 Å². The van der Waals surface area contributed by atoms with Gasteiger partial charge in [0.1, 0.15) is 0 Å². The van der Waals surface area contributed by atoms with E-state index in [2.05, 4.69) is 5.92 Å². The maximum atomic E-state index is 9.34. The minimum absolute atomic E-state index is 0.530. The summed E-state index contributed by atoms with van der Waals surface area (Å²) in [6.45, 7) is 0. The lowest BCUT2D eigenvalue weighted by atomic mass is 10.1. The fraction of sp³-hybridized carbons (Fsp3) is 0.111. The van der Waals surface area contributed by atoms with Crippen molar-refractivity contribution in [1.29, 1.82) is 0 Å². The molecule has 0 aliphatic heterocycles. The van der Waals surface area contributed by atoms with Crippen LogP contribution in [0.5, 0.6) is 0 Å². The van der Waals surface area contributed by atoms with Gasteiger partial charge in [0.05, 0.1) is 0 Å². The second-order valence-electron chi connectivity index (χ2n) is 2.28. The van der Waals surface area contributed by atoms with Crippen LogP contribution in [0.15, 0.2) is 30.3 Å². The van der Waals surface area contributed by atoms with Crippen LogP contribution in [0.1, 0.15) is 5.56 Å². The van der Waals surface area contributed by atoms with Gasteiger partial charge in [0.2, 0.25) is 5.72 Å². The third-order valence-electron chi connectivity index (χ3n) is 1.43. The molecule has 0 fully saturated rings. The second kappa shape index (κ2) is 2.75. The standard InChI is InChI=1S/C9H9NO/c1-2-9(10,11)8-6-4-3-5-7-8/h1,3-7,11H,10H2. The first-order valence-corrected chi connectivity index (χ1v) is 3.21. The predicted octanol–water partition coefficient (Wildman–Crippen LogP) is 0.424. The van der Waals surface area contributed by atoms with E-state index in [1.54, 1.807) is 24.3 Å². The fourth-order valence-corrected chi connectivity index (χ4v) is 0.776. The molecular formula is C9H9NO. The van der Waals surface area contributed by atoms with Crippen LogP contribution >= 0.6 is 0 Å². The van der Waals surface area contributed by atoms with Crippen LogP contribution in [-0.2, 0) is 5.72 Å². The molecule has 0 aliphatic carbocycles. The topological polar surface area (TPSA) is 46.2 Å². The maximum Gasteiger partial charge on any atom is 0.203 e. The summed E-state index contributed by atoms with van der Waals surface area (Å²) in [5.41, 5.74) is 4.25. The molecule has 2 nitrogen and oxygen atoms in total. The van der Waals surface area contributed by atoms with Gasteiger partial charge in [-0.1, -0.05) is 36.3 Å². The quantitative estimate of drug-likeness (QED) is 0.447. The number of rotatable bonds is 1. The van der Waals surface area contributed by atoms with Crippen molar-refractivity contribution in [3.05, 3.63) is 35.9 Å². The molecule has 1 atom stereocenters. The Labute approximate surface area is 65.7 Å². The number of hydrogen-bond donors (Lipinski definition) is 2. The Hall–Kier alpha value is -1.30.